The molecule has 9 nitrogen and oxygen atoms in total. The number of para-hydroxylation sites is 1. The molecule has 4 rings (SSSR count). The second-order valence-electron chi connectivity index (χ2n) is 7.74. The molecule has 1 unspecified atom stereocenters. The van der Waals surface area contributed by atoms with Gasteiger partial charge in [0.1, 0.15) is 24.5 Å². The molecular formula is C23H21ClN2O7. The number of ether oxygens (including phenoxy) is 2. The van der Waals surface area contributed by atoms with E-state index in [1.807, 2.05) is 0 Å². The van der Waals surface area contributed by atoms with Gasteiger partial charge in [0.2, 0.25) is 11.7 Å². The maximum absolute atomic E-state index is 13.4. The maximum atomic E-state index is 13.4. The van der Waals surface area contributed by atoms with E-state index in [1.165, 1.54) is 14.0 Å². The second kappa shape index (κ2) is 8.67. The first kappa shape index (κ1) is 22.5. The lowest BCUT2D eigenvalue weighted by molar-refractivity contribution is -0.142. The fourth-order valence-corrected chi connectivity index (χ4v) is 3.93. The Hall–Kier alpha value is -3.72. The Labute approximate surface area is 193 Å². The molecule has 172 valence electrons. The number of aliphatic carboxylic acids is 1. The van der Waals surface area contributed by atoms with Gasteiger partial charge in [0, 0.05) is 17.1 Å². The van der Waals surface area contributed by atoms with Crippen LogP contribution in [0, 0.1) is 0 Å². The number of amides is 2. The van der Waals surface area contributed by atoms with Crippen LogP contribution in [0.5, 0.6) is 11.5 Å². The van der Waals surface area contributed by atoms with E-state index in [0.29, 0.717) is 21.7 Å². The molecule has 0 aliphatic carbocycles. The van der Waals surface area contributed by atoms with Gasteiger partial charge in [-0.3, -0.25) is 14.4 Å². The number of methoxy groups -OCH3 is 1. The van der Waals surface area contributed by atoms with Crippen LogP contribution >= 0.6 is 11.6 Å². The number of fused-ring (bicyclic) bond motifs is 3. The number of nitrogens with zero attached hydrogens (tertiary/aromatic N) is 1. The SMILES string of the molecule is COc1ccccc1CNC(=O)C1(C)COc2c(oc3ccc(Cl)cc23)C(=O)N1CC(=O)O. The van der Waals surface area contributed by atoms with Crippen LogP contribution in [-0.4, -0.2) is 53.6 Å². The van der Waals surface area contributed by atoms with Gasteiger partial charge >= 0.3 is 5.97 Å². The molecule has 2 N–H and O–H groups in total. The minimum Gasteiger partial charge on any atom is -0.496 e. The van der Waals surface area contributed by atoms with Crippen LogP contribution in [0.15, 0.2) is 46.9 Å². The molecular weight excluding hydrogens is 452 g/mol. The van der Waals surface area contributed by atoms with Crippen LogP contribution in [-0.2, 0) is 16.1 Å². The number of hydrogen-bond acceptors (Lipinski definition) is 6. The Morgan fingerprint density at radius 2 is 2.03 bits per heavy atom. The number of carboxylic acid groups (broad SMARTS) is 1. The number of rotatable bonds is 6. The molecule has 0 saturated carbocycles. The lowest BCUT2D eigenvalue weighted by Crippen LogP contribution is -2.62. The topological polar surface area (TPSA) is 118 Å². The summed E-state index contributed by atoms with van der Waals surface area (Å²) < 4.78 is 16.8. The predicted molar refractivity (Wildman–Crippen MR) is 119 cm³/mol. The Balaban J connectivity index is 1.68. The number of carbonyl (C=O) groups is 3. The minimum atomic E-state index is -1.63. The third-order valence-electron chi connectivity index (χ3n) is 5.55. The molecule has 1 aliphatic heterocycles. The molecule has 0 spiro atoms. The molecule has 0 radical (unpaired) electrons. The van der Waals surface area contributed by atoms with Crippen LogP contribution in [0.4, 0.5) is 0 Å². The lowest BCUT2D eigenvalue weighted by atomic mass is 9.99. The van der Waals surface area contributed by atoms with Gasteiger partial charge in [-0.25, -0.2) is 0 Å². The summed E-state index contributed by atoms with van der Waals surface area (Å²) in [6, 6.07) is 11.9. The number of nitrogens with one attached hydrogen (secondary N) is 1. The summed E-state index contributed by atoms with van der Waals surface area (Å²) >= 11 is 6.08. The van der Waals surface area contributed by atoms with Crippen molar-refractivity contribution < 1.29 is 33.4 Å². The fraction of sp³-hybridized carbons (Fsp3) is 0.261. The quantitative estimate of drug-likeness (QED) is 0.566. The minimum absolute atomic E-state index is 0.107. The van der Waals surface area contributed by atoms with Gasteiger partial charge in [-0.2, -0.15) is 0 Å². The van der Waals surface area contributed by atoms with Crippen molar-refractivity contribution in [2.75, 3.05) is 20.3 Å². The van der Waals surface area contributed by atoms with E-state index < -0.39 is 29.9 Å². The normalized spacial score (nSPS) is 17.8. The van der Waals surface area contributed by atoms with Gasteiger partial charge in [-0.1, -0.05) is 29.8 Å². The summed E-state index contributed by atoms with van der Waals surface area (Å²) in [5, 5.41) is 13.1. The van der Waals surface area contributed by atoms with E-state index in [0.717, 1.165) is 10.5 Å². The average Bonchev–Trinajstić information content (AvgIpc) is 3.12. The highest BCUT2D eigenvalue weighted by Gasteiger charge is 2.48. The lowest BCUT2D eigenvalue weighted by Gasteiger charge is -2.36. The van der Waals surface area contributed by atoms with Crippen molar-refractivity contribution >= 4 is 40.4 Å². The highest BCUT2D eigenvalue weighted by Crippen LogP contribution is 2.39. The molecule has 2 amide bonds. The zero-order chi connectivity index (χ0) is 23.8. The first-order valence-electron chi connectivity index (χ1n) is 10.0. The molecule has 2 heterocycles. The van der Waals surface area contributed by atoms with Crippen molar-refractivity contribution in [1.82, 2.24) is 10.2 Å². The molecule has 1 aliphatic rings. The molecule has 33 heavy (non-hydrogen) atoms. The maximum Gasteiger partial charge on any atom is 0.323 e. The third kappa shape index (κ3) is 4.07. The Kier molecular flexibility index (Phi) is 5.90. The van der Waals surface area contributed by atoms with E-state index in [4.69, 9.17) is 25.5 Å². The number of benzene rings is 2. The molecule has 10 heteroatoms. The molecule has 0 bridgehead atoms. The molecule has 2 aromatic carbocycles. The van der Waals surface area contributed by atoms with Crippen LogP contribution < -0.4 is 14.8 Å². The summed E-state index contributed by atoms with van der Waals surface area (Å²) in [4.78, 5) is 39.2. The fourth-order valence-electron chi connectivity index (χ4n) is 3.75. The zero-order valence-corrected chi connectivity index (χ0v) is 18.6. The first-order valence-corrected chi connectivity index (χ1v) is 10.4. The first-order chi connectivity index (χ1) is 15.7. The predicted octanol–water partition coefficient (Wildman–Crippen LogP) is 3.09. The van der Waals surface area contributed by atoms with Crippen molar-refractivity contribution in [3.8, 4) is 11.5 Å². The summed E-state index contributed by atoms with van der Waals surface area (Å²) in [6.07, 6.45) is 0. The Morgan fingerprint density at radius 3 is 2.76 bits per heavy atom. The molecule has 0 fully saturated rings. The van der Waals surface area contributed by atoms with Crippen molar-refractivity contribution in [3.63, 3.8) is 0 Å². The van der Waals surface area contributed by atoms with Crippen LogP contribution in [0.2, 0.25) is 5.02 Å². The second-order valence-corrected chi connectivity index (χ2v) is 8.18. The van der Waals surface area contributed by atoms with Gasteiger partial charge in [-0.05, 0) is 31.2 Å². The smallest absolute Gasteiger partial charge is 0.323 e. The van der Waals surface area contributed by atoms with Crippen LogP contribution in [0.3, 0.4) is 0 Å². The number of hydrogen-bond donors (Lipinski definition) is 2. The number of halogens is 1. The van der Waals surface area contributed by atoms with E-state index in [2.05, 4.69) is 5.32 Å². The summed E-state index contributed by atoms with van der Waals surface area (Å²) in [5.74, 6) is -2.12. The standard InChI is InChI=1S/C23H21ClN2O7/c1-23(22(30)25-10-13-5-3-4-6-16(13)31-2)12-32-19-15-9-14(24)7-8-17(15)33-20(19)21(29)26(23)11-18(27)28/h3-9H,10-12H2,1-2H3,(H,25,30)(H,27,28). The summed E-state index contributed by atoms with van der Waals surface area (Å²) in [5.41, 5.74) is -0.559. The highest BCUT2D eigenvalue weighted by atomic mass is 35.5. The van der Waals surface area contributed by atoms with E-state index >= 15 is 0 Å². The number of furan rings is 1. The van der Waals surface area contributed by atoms with Gasteiger partial charge < -0.3 is 29.2 Å². The summed E-state index contributed by atoms with van der Waals surface area (Å²) in [7, 11) is 1.52. The number of carbonyl (C=O) groups excluding carboxylic acids is 2. The van der Waals surface area contributed by atoms with E-state index in [1.54, 1.807) is 42.5 Å². The monoisotopic (exact) mass is 472 g/mol. The molecule has 1 atom stereocenters. The van der Waals surface area contributed by atoms with E-state index in [9.17, 15) is 19.5 Å². The van der Waals surface area contributed by atoms with Crippen molar-refractivity contribution in [3.05, 3.63) is 58.8 Å². The van der Waals surface area contributed by atoms with Gasteiger partial charge in [0.25, 0.3) is 5.91 Å². The highest BCUT2D eigenvalue weighted by molar-refractivity contribution is 6.31. The largest absolute Gasteiger partial charge is 0.496 e. The number of carboxylic acids is 1. The van der Waals surface area contributed by atoms with Gasteiger partial charge in [0.15, 0.2) is 11.3 Å². The van der Waals surface area contributed by atoms with Crippen molar-refractivity contribution in [2.24, 2.45) is 0 Å². The zero-order valence-electron chi connectivity index (χ0n) is 17.9. The summed E-state index contributed by atoms with van der Waals surface area (Å²) in [6.45, 7) is 0.540. The Morgan fingerprint density at radius 1 is 1.27 bits per heavy atom. The third-order valence-corrected chi connectivity index (χ3v) is 5.79. The molecule has 0 saturated heterocycles. The van der Waals surface area contributed by atoms with Gasteiger partial charge in [0.05, 0.1) is 12.5 Å². The van der Waals surface area contributed by atoms with Crippen LogP contribution in [0.1, 0.15) is 23.0 Å². The molecule has 1 aromatic heterocycles. The van der Waals surface area contributed by atoms with E-state index in [-0.39, 0.29) is 24.7 Å². The van der Waals surface area contributed by atoms with Gasteiger partial charge in [-0.15, -0.1) is 0 Å². The Bertz CT molecular complexity index is 1250. The van der Waals surface area contributed by atoms with Crippen molar-refractivity contribution in [1.29, 1.82) is 0 Å². The molecule has 3 aromatic rings. The van der Waals surface area contributed by atoms with Crippen molar-refractivity contribution in [2.45, 2.75) is 19.0 Å². The van der Waals surface area contributed by atoms with Crippen LogP contribution in [0.25, 0.3) is 11.0 Å². The average molecular weight is 473 g/mol.